The lowest BCUT2D eigenvalue weighted by Gasteiger charge is -2.14. The van der Waals surface area contributed by atoms with Crippen molar-refractivity contribution < 1.29 is 23.7 Å². The van der Waals surface area contributed by atoms with Gasteiger partial charge in [-0.3, -0.25) is 4.79 Å². The van der Waals surface area contributed by atoms with E-state index in [9.17, 15) is 4.79 Å². The summed E-state index contributed by atoms with van der Waals surface area (Å²) in [5, 5.41) is 3.63. The number of halogens is 2. The summed E-state index contributed by atoms with van der Waals surface area (Å²) >= 11 is 11.8. The highest BCUT2D eigenvalue weighted by molar-refractivity contribution is 6.34. The third-order valence-electron chi connectivity index (χ3n) is 3.42. The van der Waals surface area contributed by atoms with E-state index < -0.39 is 0 Å². The fourth-order valence-electron chi connectivity index (χ4n) is 2.25. The van der Waals surface area contributed by atoms with Crippen LogP contribution in [0, 0.1) is 0 Å². The molecule has 6 nitrogen and oxygen atoms in total. The van der Waals surface area contributed by atoms with Crippen molar-refractivity contribution in [3.05, 3.63) is 45.9 Å². The van der Waals surface area contributed by atoms with Crippen molar-refractivity contribution in [2.75, 3.05) is 27.9 Å². The van der Waals surface area contributed by atoms with Gasteiger partial charge in [0.1, 0.15) is 5.75 Å². The molecule has 0 saturated carbocycles. The van der Waals surface area contributed by atoms with Crippen LogP contribution in [0.4, 0.5) is 0 Å². The topological polar surface area (TPSA) is 66.0 Å². The first-order valence-corrected chi connectivity index (χ1v) is 8.37. The third kappa shape index (κ3) is 5.34. The molecule has 0 aromatic heterocycles. The number of carbonyl (C=O) groups is 1. The molecule has 0 saturated heterocycles. The summed E-state index contributed by atoms with van der Waals surface area (Å²) < 4.78 is 21.2. The zero-order valence-electron chi connectivity index (χ0n) is 14.6. The van der Waals surface area contributed by atoms with Crippen LogP contribution < -0.4 is 24.3 Å². The van der Waals surface area contributed by atoms with Crippen molar-refractivity contribution >= 4 is 29.1 Å². The van der Waals surface area contributed by atoms with Crippen molar-refractivity contribution in [1.82, 2.24) is 5.32 Å². The van der Waals surface area contributed by atoms with Crippen molar-refractivity contribution in [3.63, 3.8) is 0 Å². The number of ether oxygens (including phenoxy) is 4. The normalized spacial score (nSPS) is 10.2. The van der Waals surface area contributed by atoms with Gasteiger partial charge in [0.25, 0.3) is 5.91 Å². The molecule has 0 aliphatic rings. The first kappa shape index (κ1) is 20.0. The van der Waals surface area contributed by atoms with Gasteiger partial charge in [-0.05, 0) is 35.9 Å². The molecule has 0 spiro atoms. The molecule has 26 heavy (non-hydrogen) atoms. The SMILES string of the molecule is COc1cc(CNC(=O)COc2cc(Cl)cc(Cl)c2)cc(OC)c1OC. The molecule has 0 bridgehead atoms. The minimum atomic E-state index is -0.296. The van der Waals surface area contributed by atoms with E-state index in [1.54, 1.807) is 30.3 Å². The minimum Gasteiger partial charge on any atom is -0.493 e. The van der Waals surface area contributed by atoms with Gasteiger partial charge in [0.2, 0.25) is 5.75 Å². The smallest absolute Gasteiger partial charge is 0.258 e. The van der Waals surface area contributed by atoms with E-state index in [0.29, 0.717) is 33.0 Å². The number of amides is 1. The lowest BCUT2D eigenvalue weighted by Crippen LogP contribution is -2.28. The Balaban J connectivity index is 1.96. The molecule has 1 amide bonds. The van der Waals surface area contributed by atoms with Crippen molar-refractivity contribution in [2.45, 2.75) is 6.54 Å². The average molecular weight is 400 g/mol. The summed E-state index contributed by atoms with van der Waals surface area (Å²) in [5.74, 6) is 1.65. The monoisotopic (exact) mass is 399 g/mol. The molecule has 0 aliphatic carbocycles. The maximum atomic E-state index is 12.0. The van der Waals surface area contributed by atoms with Crippen LogP contribution in [0.25, 0.3) is 0 Å². The molecule has 2 aromatic carbocycles. The molecule has 0 heterocycles. The maximum absolute atomic E-state index is 12.0. The van der Waals surface area contributed by atoms with Gasteiger partial charge in [0.05, 0.1) is 21.3 Å². The number of rotatable bonds is 8. The van der Waals surface area contributed by atoms with E-state index in [-0.39, 0.29) is 19.1 Å². The van der Waals surface area contributed by atoms with Crippen molar-refractivity contribution in [1.29, 1.82) is 0 Å². The number of carbonyl (C=O) groups excluding carboxylic acids is 1. The van der Waals surface area contributed by atoms with Crippen LogP contribution in [0.1, 0.15) is 5.56 Å². The van der Waals surface area contributed by atoms with Gasteiger partial charge in [0.15, 0.2) is 18.1 Å². The Morgan fingerprint density at radius 3 is 2.00 bits per heavy atom. The lowest BCUT2D eigenvalue weighted by atomic mass is 10.1. The molecule has 0 aliphatic heterocycles. The first-order chi connectivity index (χ1) is 12.5. The summed E-state index contributed by atoms with van der Waals surface area (Å²) in [6, 6.07) is 8.28. The Morgan fingerprint density at radius 1 is 0.923 bits per heavy atom. The number of benzene rings is 2. The van der Waals surface area contributed by atoms with E-state index >= 15 is 0 Å². The largest absolute Gasteiger partial charge is 0.493 e. The lowest BCUT2D eigenvalue weighted by molar-refractivity contribution is -0.123. The fourth-order valence-corrected chi connectivity index (χ4v) is 2.76. The Labute approximate surface area is 161 Å². The van der Waals surface area contributed by atoms with Gasteiger partial charge >= 0.3 is 0 Å². The van der Waals surface area contributed by atoms with Gasteiger partial charge in [-0.25, -0.2) is 0 Å². The molecule has 2 rings (SSSR count). The summed E-state index contributed by atoms with van der Waals surface area (Å²) in [7, 11) is 4.59. The number of hydrogen-bond acceptors (Lipinski definition) is 5. The van der Waals surface area contributed by atoms with Gasteiger partial charge in [-0.2, -0.15) is 0 Å². The molecule has 0 atom stereocenters. The van der Waals surface area contributed by atoms with Gasteiger partial charge in [-0.15, -0.1) is 0 Å². The van der Waals surface area contributed by atoms with E-state index in [1.165, 1.54) is 21.3 Å². The molecular formula is C18H19Cl2NO5. The fraction of sp³-hybridized carbons (Fsp3) is 0.278. The highest BCUT2D eigenvalue weighted by atomic mass is 35.5. The second-order valence-electron chi connectivity index (χ2n) is 5.20. The zero-order chi connectivity index (χ0) is 19.1. The molecule has 0 unspecified atom stereocenters. The number of hydrogen-bond donors (Lipinski definition) is 1. The summed E-state index contributed by atoms with van der Waals surface area (Å²) in [5.41, 5.74) is 0.790. The molecule has 0 radical (unpaired) electrons. The second kappa shape index (κ2) is 9.40. The maximum Gasteiger partial charge on any atom is 0.258 e. The highest BCUT2D eigenvalue weighted by Gasteiger charge is 2.13. The van der Waals surface area contributed by atoms with Crippen LogP contribution in [0.15, 0.2) is 30.3 Å². The van der Waals surface area contributed by atoms with Crippen molar-refractivity contribution in [3.8, 4) is 23.0 Å². The average Bonchev–Trinajstić information content (AvgIpc) is 2.62. The molecule has 1 N–H and O–H groups in total. The van der Waals surface area contributed by atoms with E-state index in [0.717, 1.165) is 5.56 Å². The molecule has 140 valence electrons. The molecule has 2 aromatic rings. The standard InChI is InChI=1S/C18H19Cl2NO5/c1-23-15-4-11(5-16(24-2)18(15)25-3)9-21-17(22)10-26-14-7-12(19)6-13(20)8-14/h4-8H,9-10H2,1-3H3,(H,21,22). The highest BCUT2D eigenvalue weighted by Crippen LogP contribution is 2.38. The Morgan fingerprint density at radius 2 is 1.50 bits per heavy atom. The van der Waals surface area contributed by atoms with E-state index in [1.807, 2.05) is 0 Å². The first-order valence-electron chi connectivity index (χ1n) is 7.61. The van der Waals surface area contributed by atoms with Crippen LogP contribution in [-0.2, 0) is 11.3 Å². The second-order valence-corrected chi connectivity index (χ2v) is 6.08. The molecule has 8 heteroatoms. The molecule has 0 fully saturated rings. The van der Waals surface area contributed by atoms with Gasteiger partial charge < -0.3 is 24.3 Å². The van der Waals surface area contributed by atoms with Gasteiger partial charge in [-0.1, -0.05) is 23.2 Å². The van der Waals surface area contributed by atoms with Crippen LogP contribution in [-0.4, -0.2) is 33.8 Å². The van der Waals surface area contributed by atoms with Crippen molar-refractivity contribution in [2.24, 2.45) is 0 Å². The minimum absolute atomic E-state index is 0.166. The summed E-state index contributed by atoms with van der Waals surface area (Å²) in [6.07, 6.45) is 0. The summed E-state index contributed by atoms with van der Waals surface area (Å²) in [4.78, 5) is 12.0. The Hall–Kier alpha value is -2.31. The van der Waals surface area contributed by atoms with Crippen LogP contribution in [0.2, 0.25) is 10.0 Å². The third-order valence-corrected chi connectivity index (χ3v) is 3.86. The van der Waals surface area contributed by atoms with Crippen LogP contribution >= 0.6 is 23.2 Å². The van der Waals surface area contributed by atoms with Crippen LogP contribution in [0.3, 0.4) is 0 Å². The van der Waals surface area contributed by atoms with E-state index in [2.05, 4.69) is 5.32 Å². The predicted molar refractivity (Wildman–Crippen MR) is 99.9 cm³/mol. The summed E-state index contributed by atoms with van der Waals surface area (Å²) in [6.45, 7) is 0.107. The Bertz CT molecular complexity index is 737. The Kier molecular flexibility index (Phi) is 7.24. The van der Waals surface area contributed by atoms with E-state index in [4.69, 9.17) is 42.1 Å². The number of nitrogens with one attached hydrogen (secondary N) is 1. The zero-order valence-corrected chi connectivity index (χ0v) is 16.1. The molecular weight excluding hydrogens is 381 g/mol. The quantitative estimate of drug-likeness (QED) is 0.732. The number of methoxy groups -OCH3 is 3. The van der Waals surface area contributed by atoms with Crippen LogP contribution in [0.5, 0.6) is 23.0 Å². The van der Waals surface area contributed by atoms with Gasteiger partial charge in [0, 0.05) is 16.6 Å². The predicted octanol–water partition coefficient (Wildman–Crippen LogP) is 3.71.